The van der Waals surface area contributed by atoms with E-state index in [1.54, 1.807) is 13.1 Å². The molecule has 18 heavy (non-hydrogen) atoms. The van der Waals surface area contributed by atoms with Crippen LogP contribution in [0.15, 0.2) is 29.4 Å². The van der Waals surface area contributed by atoms with Gasteiger partial charge in [0, 0.05) is 38.3 Å². The van der Waals surface area contributed by atoms with Crippen molar-refractivity contribution in [1.82, 2.24) is 9.29 Å². The molecule has 0 aliphatic heterocycles. The maximum Gasteiger partial charge on any atom is 0.244 e. The number of Topliss-reactive ketones (excluding diaryl/α,β-unsaturated/α-hetero) is 1. The lowest BCUT2D eigenvalue weighted by molar-refractivity contribution is -0.120. The summed E-state index contributed by atoms with van der Waals surface area (Å²) in [5.74, 6) is 0.221. The third-order valence-electron chi connectivity index (χ3n) is 3.34. The molecule has 1 aromatic rings. The fourth-order valence-corrected chi connectivity index (χ4v) is 3.53. The molecule has 1 saturated carbocycles. The van der Waals surface area contributed by atoms with Crippen molar-refractivity contribution in [2.45, 2.75) is 36.6 Å². The van der Waals surface area contributed by atoms with E-state index in [-0.39, 0.29) is 16.7 Å². The third-order valence-corrected chi connectivity index (χ3v) is 5.23. The average Bonchev–Trinajstić information content (AvgIpc) is 2.40. The number of nitrogens with zero attached hydrogens (tertiary/aromatic N) is 2. The summed E-state index contributed by atoms with van der Waals surface area (Å²) < 4.78 is 26.0. The summed E-state index contributed by atoms with van der Waals surface area (Å²) >= 11 is 0. The maximum atomic E-state index is 12.3. The van der Waals surface area contributed by atoms with E-state index < -0.39 is 10.0 Å². The zero-order valence-corrected chi connectivity index (χ0v) is 11.1. The first kappa shape index (κ1) is 13.2. The predicted octanol–water partition coefficient (Wildman–Crippen LogP) is 1.21. The predicted molar refractivity (Wildman–Crippen MR) is 66.4 cm³/mol. The Balaban J connectivity index is 2.18. The van der Waals surface area contributed by atoms with Crippen LogP contribution in [0.5, 0.6) is 0 Å². The van der Waals surface area contributed by atoms with Crippen LogP contribution in [0.4, 0.5) is 0 Å². The highest BCUT2D eigenvalue weighted by Gasteiger charge is 2.30. The van der Waals surface area contributed by atoms with E-state index >= 15 is 0 Å². The molecule has 0 amide bonds. The Labute approximate surface area is 107 Å². The molecule has 0 atom stereocenters. The monoisotopic (exact) mass is 268 g/mol. The first-order valence-corrected chi connectivity index (χ1v) is 7.35. The Kier molecular flexibility index (Phi) is 3.77. The summed E-state index contributed by atoms with van der Waals surface area (Å²) in [4.78, 5) is 15.2. The van der Waals surface area contributed by atoms with Crippen LogP contribution < -0.4 is 0 Å². The van der Waals surface area contributed by atoms with E-state index in [1.165, 1.54) is 22.8 Å². The van der Waals surface area contributed by atoms with Gasteiger partial charge in [0.15, 0.2) is 0 Å². The molecule has 2 rings (SSSR count). The second-order valence-electron chi connectivity index (χ2n) is 4.48. The minimum atomic E-state index is -3.50. The van der Waals surface area contributed by atoms with Crippen molar-refractivity contribution in [1.29, 1.82) is 0 Å². The number of hydrogen-bond donors (Lipinski definition) is 0. The maximum absolute atomic E-state index is 12.3. The molecule has 0 N–H and O–H groups in total. The Morgan fingerprint density at radius 3 is 2.56 bits per heavy atom. The largest absolute Gasteiger partial charge is 0.300 e. The molecule has 1 fully saturated rings. The summed E-state index contributed by atoms with van der Waals surface area (Å²) in [5.41, 5.74) is 0. The van der Waals surface area contributed by atoms with Crippen molar-refractivity contribution >= 4 is 15.8 Å². The van der Waals surface area contributed by atoms with E-state index in [2.05, 4.69) is 4.98 Å². The highest BCUT2D eigenvalue weighted by atomic mass is 32.2. The normalized spacial score (nSPS) is 18.2. The zero-order valence-electron chi connectivity index (χ0n) is 10.2. The van der Waals surface area contributed by atoms with Crippen molar-refractivity contribution in [3.05, 3.63) is 24.5 Å². The van der Waals surface area contributed by atoms with E-state index in [4.69, 9.17) is 0 Å². The number of ketones is 1. The van der Waals surface area contributed by atoms with Gasteiger partial charge < -0.3 is 0 Å². The van der Waals surface area contributed by atoms with Gasteiger partial charge in [0.1, 0.15) is 10.7 Å². The van der Waals surface area contributed by atoms with Gasteiger partial charge in [-0.1, -0.05) is 0 Å². The van der Waals surface area contributed by atoms with Crippen LogP contribution in [0.3, 0.4) is 0 Å². The minimum absolute atomic E-state index is 0.0899. The van der Waals surface area contributed by atoms with Crippen molar-refractivity contribution in [3.8, 4) is 0 Å². The zero-order chi connectivity index (χ0) is 13.2. The summed E-state index contributed by atoms with van der Waals surface area (Å²) in [5, 5.41) is 0. The molecular weight excluding hydrogens is 252 g/mol. The summed E-state index contributed by atoms with van der Waals surface area (Å²) in [6, 6.07) is 3.05. The highest BCUT2D eigenvalue weighted by molar-refractivity contribution is 7.89. The molecular formula is C12H16N2O3S. The van der Waals surface area contributed by atoms with Crippen LogP contribution in [0.2, 0.25) is 0 Å². The second kappa shape index (κ2) is 5.16. The summed E-state index contributed by atoms with van der Waals surface area (Å²) in [6.07, 6.45) is 5.04. The smallest absolute Gasteiger partial charge is 0.244 e. The standard InChI is InChI=1S/C12H16N2O3S/c1-14(10-4-6-11(15)7-5-10)18(16,17)12-3-2-8-13-9-12/h2-3,8-10H,4-7H2,1H3. The first-order valence-electron chi connectivity index (χ1n) is 5.91. The first-order chi connectivity index (χ1) is 8.51. The average molecular weight is 268 g/mol. The van der Waals surface area contributed by atoms with E-state index in [9.17, 15) is 13.2 Å². The van der Waals surface area contributed by atoms with Crippen LogP contribution in [0.25, 0.3) is 0 Å². The Hall–Kier alpha value is -1.27. The van der Waals surface area contributed by atoms with Crippen LogP contribution in [-0.2, 0) is 14.8 Å². The van der Waals surface area contributed by atoms with E-state index in [0.29, 0.717) is 25.7 Å². The number of aromatic nitrogens is 1. The topological polar surface area (TPSA) is 67.3 Å². The molecule has 0 bridgehead atoms. The van der Waals surface area contributed by atoms with Crippen molar-refractivity contribution in [3.63, 3.8) is 0 Å². The molecule has 0 unspecified atom stereocenters. The number of pyridine rings is 1. The van der Waals surface area contributed by atoms with E-state index in [1.807, 2.05) is 0 Å². The number of sulfonamides is 1. The SMILES string of the molecule is CN(C1CCC(=O)CC1)S(=O)(=O)c1cccnc1. The fraction of sp³-hybridized carbons (Fsp3) is 0.500. The van der Waals surface area contributed by atoms with Crippen molar-refractivity contribution in [2.75, 3.05) is 7.05 Å². The molecule has 1 aliphatic rings. The van der Waals surface area contributed by atoms with Crippen LogP contribution in [0, 0.1) is 0 Å². The lowest BCUT2D eigenvalue weighted by atomic mass is 9.95. The molecule has 1 aliphatic carbocycles. The van der Waals surface area contributed by atoms with Gasteiger partial charge in [-0.05, 0) is 25.0 Å². The van der Waals surface area contributed by atoms with Crippen LogP contribution >= 0.6 is 0 Å². The van der Waals surface area contributed by atoms with Crippen LogP contribution in [0.1, 0.15) is 25.7 Å². The van der Waals surface area contributed by atoms with Crippen molar-refractivity contribution < 1.29 is 13.2 Å². The van der Waals surface area contributed by atoms with Gasteiger partial charge in [0.2, 0.25) is 10.0 Å². The van der Waals surface area contributed by atoms with Gasteiger partial charge >= 0.3 is 0 Å². The van der Waals surface area contributed by atoms with Crippen molar-refractivity contribution in [2.24, 2.45) is 0 Å². The minimum Gasteiger partial charge on any atom is -0.300 e. The highest BCUT2D eigenvalue weighted by Crippen LogP contribution is 2.24. The van der Waals surface area contributed by atoms with Gasteiger partial charge in [-0.25, -0.2) is 8.42 Å². The molecule has 6 heteroatoms. The Morgan fingerprint density at radius 1 is 1.33 bits per heavy atom. The van der Waals surface area contributed by atoms with E-state index in [0.717, 1.165) is 0 Å². The number of hydrogen-bond acceptors (Lipinski definition) is 4. The van der Waals surface area contributed by atoms with Gasteiger partial charge in [-0.3, -0.25) is 9.78 Å². The number of carbonyl (C=O) groups excluding carboxylic acids is 1. The molecule has 0 radical (unpaired) electrons. The summed E-state index contributed by atoms with van der Waals surface area (Å²) in [6.45, 7) is 0. The molecule has 0 aromatic carbocycles. The Bertz CT molecular complexity index is 518. The third kappa shape index (κ3) is 2.59. The molecule has 1 heterocycles. The number of carbonyl (C=O) groups is 1. The quantitative estimate of drug-likeness (QED) is 0.826. The van der Waals surface area contributed by atoms with Gasteiger partial charge in [-0.2, -0.15) is 4.31 Å². The van der Waals surface area contributed by atoms with Crippen LogP contribution in [-0.4, -0.2) is 36.6 Å². The molecule has 5 nitrogen and oxygen atoms in total. The lowest BCUT2D eigenvalue weighted by Gasteiger charge is -2.29. The Morgan fingerprint density at radius 2 is 2.00 bits per heavy atom. The molecule has 0 saturated heterocycles. The van der Waals surface area contributed by atoms with Gasteiger partial charge in [0.05, 0.1) is 0 Å². The number of rotatable bonds is 3. The molecule has 98 valence electrons. The lowest BCUT2D eigenvalue weighted by Crippen LogP contribution is -2.39. The fourth-order valence-electron chi connectivity index (χ4n) is 2.15. The van der Waals surface area contributed by atoms with Gasteiger partial charge in [-0.15, -0.1) is 0 Å². The second-order valence-corrected chi connectivity index (χ2v) is 6.48. The summed E-state index contributed by atoms with van der Waals surface area (Å²) in [7, 11) is -1.92. The molecule has 1 aromatic heterocycles. The molecule has 0 spiro atoms. The van der Waals surface area contributed by atoms with Gasteiger partial charge in [0.25, 0.3) is 0 Å².